The van der Waals surface area contributed by atoms with Gasteiger partial charge in [-0.3, -0.25) is 4.79 Å². The van der Waals surface area contributed by atoms with Crippen molar-refractivity contribution in [1.29, 1.82) is 0 Å². The van der Waals surface area contributed by atoms with Gasteiger partial charge in [-0.25, -0.2) is 0 Å². The first-order valence-corrected chi connectivity index (χ1v) is 9.09. The maximum atomic E-state index is 12.3. The van der Waals surface area contributed by atoms with Crippen LogP contribution in [0.15, 0.2) is 0 Å². The van der Waals surface area contributed by atoms with Crippen LogP contribution < -0.4 is 5.32 Å². The molecule has 0 radical (unpaired) electrons. The molecule has 2 fully saturated rings. The molecule has 4 nitrogen and oxygen atoms in total. The second-order valence-corrected chi connectivity index (χ2v) is 7.64. The average Bonchev–Trinajstić information content (AvgIpc) is 2.51. The highest BCUT2D eigenvalue weighted by molar-refractivity contribution is 5.78. The zero-order chi connectivity index (χ0) is 15.9. The van der Waals surface area contributed by atoms with Crippen LogP contribution in [-0.4, -0.2) is 36.9 Å². The van der Waals surface area contributed by atoms with Crippen LogP contribution in [0.1, 0.15) is 58.8 Å². The van der Waals surface area contributed by atoms with E-state index in [-0.39, 0.29) is 11.8 Å². The highest BCUT2D eigenvalue weighted by atomic mass is 16.5. The third kappa shape index (κ3) is 5.54. The Morgan fingerprint density at radius 3 is 2.59 bits per heavy atom. The summed E-state index contributed by atoms with van der Waals surface area (Å²) < 4.78 is 5.40. The molecular formula is C18H33NO3. The molecule has 2 saturated carbocycles. The van der Waals surface area contributed by atoms with Gasteiger partial charge >= 0.3 is 0 Å². The van der Waals surface area contributed by atoms with Crippen LogP contribution in [-0.2, 0) is 9.53 Å². The van der Waals surface area contributed by atoms with Gasteiger partial charge in [0.05, 0.1) is 12.7 Å². The predicted octanol–water partition coefficient (Wildman–Crippen LogP) is 2.74. The van der Waals surface area contributed by atoms with Gasteiger partial charge in [0.1, 0.15) is 0 Å². The van der Waals surface area contributed by atoms with Gasteiger partial charge in [0.25, 0.3) is 0 Å². The third-order valence-electron chi connectivity index (χ3n) is 5.18. The van der Waals surface area contributed by atoms with E-state index in [9.17, 15) is 9.90 Å². The lowest BCUT2D eigenvalue weighted by Gasteiger charge is -2.38. The molecule has 22 heavy (non-hydrogen) atoms. The normalized spacial score (nSPS) is 29.9. The molecular weight excluding hydrogens is 278 g/mol. The third-order valence-corrected chi connectivity index (χ3v) is 5.18. The fourth-order valence-electron chi connectivity index (χ4n) is 3.97. The second-order valence-electron chi connectivity index (χ2n) is 7.64. The van der Waals surface area contributed by atoms with Gasteiger partial charge < -0.3 is 15.2 Å². The Labute approximate surface area is 135 Å². The zero-order valence-electron chi connectivity index (χ0n) is 14.2. The highest BCUT2D eigenvalue weighted by Crippen LogP contribution is 2.42. The van der Waals surface area contributed by atoms with E-state index in [0.717, 1.165) is 24.7 Å². The van der Waals surface area contributed by atoms with Crippen LogP contribution in [0.4, 0.5) is 0 Å². The summed E-state index contributed by atoms with van der Waals surface area (Å²) in [6.07, 6.45) is 8.06. The van der Waals surface area contributed by atoms with Crippen molar-refractivity contribution < 1.29 is 14.6 Å². The van der Waals surface area contributed by atoms with Crippen LogP contribution in [0.3, 0.4) is 0 Å². The summed E-state index contributed by atoms with van der Waals surface area (Å²) >= 11 is 0. The number of amides is 1. The molecule has 4 atom stereocenters. The molecule has 2 aliphatic carbocycles. The van der Waals surface area contributed by atoms with Gasteiger partial charge in [0, 0.05) is 19.1 Å². The first kappa shape index (κ1) is 17.7. The lowest BCUT2D eigenvalue weighted by Crippen LogP contribution is -2.41. The average molecular weight is 311 g/mol. The summed E-state index contributed by atoms with van der Waals surface area (Å²) in [4.78, 5) is 12.3. The molecule has 0 heterocycles. The quantitative estimate of drug-likeness (QED) is 0.760. The number of aliphatic hydroxyl groups excluding tert-OH is 1. The molecule has 4 heteroatoms. The molecule has 0 aromatic rings. The first-order chi connectivity index (χ1) is 10.6. The minimum Gasteiger partial charge on any atom is -0.389 e. The Kier molecular flexibility index (Phi) is 7.16. The molecule has 0 aliphatic heterocycles. The number of hydrogen-bond donors (Lipinski definition) is 2. The monoisotopic (exact) mass is 311 g/mol. The molecule has 4 unspecified atom stereocenters. The minimum absolute atomic E-state index is 0.131. The highest BCUT2D eigenvalue weighted by Gasteiger charge is 2.34. The van der Waals surface area contributed by atoms with E-state index < -0.39 is 6.10 Å². The van der Waals surface area contributed by atoms with E-state index in [0.29, 0.717) is 25.7 Å². The van der Waals surface area contributed by atoms with Crippen molar-refractivity contribution in [2.45, 2.75) is 64.9 Å². The van der Waals surface area contributed by atoms with Crippen molar-refractivity contribution in [3.63, 3.8) is 0 Å². The Morgan fingerprint density at radius 1 is 1.14 bits per heavy atom. The molecule has 0 saturated heterocycles. The van der Waals surface area contributed by atoms with Gasteiger partial charge in [0.2, 0.25) is 5.91 Å². The largest absolute Gasteiger partial charge is 0.389 e. The van der Waals surface area contributed by atoms with Crippen molar-refractivity contribution >= 4 is 5.91 Å². The Morgan fingerprint density at radius 2 is 1.86 bits per heavy atom. The lowest BCUT2D eigenvalue weighted by molar-refractivity contribution is -0.127. The molecule has 2 aliphatic rings. The zero-order valence-corrected chi connectivity index (χ0v) is 14.2. The molecule has 0 bridgehead atoms. The standard InChI is InChI=1S/C18H33NO3/c1-13(2)11-22-12-17(20)10-19-18(21)16-8-7-14-5-3-4-6-15(14)9-16/h13-17,20H,3-12H2,1-2H3,(H,19,21). The van der Waals surface area contributed by atoms with Gasteiger partial charge in [0.15, 0.2) is 0 Å². The van der Waals surface area contributed by atoms with E-state index in [1.807, 2.05) is 0 Å². The van der Waals surface area contributed by atoms with Crippen molar-refractivity contribution in [3.05, 3.63) is 0 Å². The number of fused-ring (bicyclic) bond motifs is 1. The van der Waals surface area contributed by atoms with Gasteiger partial charge in [-0.2, -0.15) is 0 Å². The van der Waals surface area contributed by atoms with Crippen molar-refractivity contribution in [3.8, 4) is 0 Å². The molecule has 0 aromatic heterocycles. The number of carbonyl (C=O) groups excluding carboxylic acids is 1. The van der Waals surface area contributed by atoms with E-state index in [1.54, 1.807) is 0 Å². The Bertz CT molecular complexity index is 345. The molecule has 128 valence electrons. The van der Waals surface area contributed by atoms with Gasteiger partial charge in [-0.1, -0.05) is 39.5 Å². The van der Waals surface area contributed by atoms with Crippen LogP contribution in [0.25, 0.3) is 0 Å². The summed E-state index contributed by atoms with van der Waals surface area (Å²) in [5.74, 6) is 2.38. The summed E-state index contributed by atoms with van der Waals surface area (Å²) in [7, 11) is 0. The van der Waals surface area contributed by atoms with Crippen molar-refractivity contribution in [2.24, 2.45) is 23.7 Å². The first-order valence-electron chi connectivity index (χ1n) is 9.09. The summed E-state index contributed by atoms with van der Waals surface area (Å²) in [6, 6.07) is 0. The number of carbonyl (C=O) groups is 1. The van der Waals surface area contributed by atoms with E-state index in [2.05, 4.69) is 19.2 Å². The maximum Gasteiger partial charge on any atom is 0.223 e. The predicted molar refractivity (Wildman–Crippen MR) is 87.5 cm³/mol. The fourth-order valence-corrected chi connectivity index (χ4v) is 3.97. The van der Waals surface area contributed by atoms with Gasteiger partial charge in [-0.05, 0) is 37.0 Å². The van der Waals surface area contributed by atoms with E-state index >= 15 is 0 Å². The number of hydrogen-bond acceptors (Lipinski definition) is 3. The topological polar surface area (TPSA) is 58.6 Å². The van der Waals surface area contributed by atoms with Crippen LogP contribution in [0.2, 0.25) is 0 Å². The van der Waals surface area contributed by atoms with Gasteiger partial charge in [-0.15, -0.1) is 0 Å². The molecule has 0 spiro atoms. The van der Waals surface area contributed by atoms with Crippen LogP contribution in [0, 0.1) is 23.7 Å². The molecule has 2 N–H and O–H groups in total. The number of nitrogens with one attached hydrogen (secondary N) is 1. The van der Waals surface area contributed by atoms with Crippen molar-refractivity contribution in [1.82, 2.24) is 5.32 Å². The molecule has 1 amide bonds. The Hall–Kier alpha value is -0.610. The molecule has 2 rings (SSSR count). The number of aliphatic hydroxyl groups is 1. The maximum absolute atomic E-state index is 12.3. The van der Waals surface area contributed by atoms with Crippen LogP contribution in [0.5, 0.6) is 0 Å². The fraction of sp³-hybridized carbons (Fsp3) is 0.944. The summed E-state index contributed by atoms with van der Waals surface area (Å²) in [5.41, 5.74) is 0. The van der Waals surface area contributed by atoms with E-state index in [1.165, 1.54) is 32.1 Å². The lowest BCUT2D eigenvalue weighted by atomic mass is 9.67. The van der Waals surface area contributed by atoms with E-state index in [4.69, 9.17) is 4.74 Å². The number of ether oxygens (including phenoxy) is 1. The minimum atomic E-state index is -0.603. The molecule has 0 aromatic carbocycles. The summed E-state index contributed by atoms with van der Waals surface area (Å²) in [5, 5.41) is 12.8. The van der Waals surface area contributed by atoms with Crippen molar-refractivity contribution in [2.75, 3.05) is 19.8 Å². The number of rotatable bonds is 7. The SMILES string of the molecule is CC(C)COCC(O)CNC(=O)C1CCC2CCCCC2C1. The summed E-state index contributed by atoms with van der Waals surface area (Å²) in [6.45, 7) is 5.41. The smallest absolute Gasteiger partial charge is 0.223 e. The second kappa shape index (κ2) is 8.88. The Balaban J connectivity index is 1.64. The van der Waals surface area contributed by atoms with Crippen LogP contribution >= 0.6 is 0 Å².